The van der Waals surface area contributed by atoms with Crippen LogP contribution in [0.25, 0.3) is 0 Å². The summed E-state index contributed by atoms with van der Waals surface area (Å²) in [6.45, 7) is 4.00. The molecule has 0 fully saturated rings. The van der Waals surface area contributed by atoms with Gasteiger partial charge in [-0.3, -0.25) is 0 Å². The topological polar surface area (TPSA) is 129 Å². The van der Waals surface area contributed by atoms with Gasteiger partial charge in [0.15, 0.2) is 17.3 Å². The maximum absolute atomic E-state index is 5.54. The lowest BCUT2D eigenvalue weighted by atomic mass is 10.4. The molecule has 0 atom stereocenters. The summed E-state index contributed by atoms with van der Waals surface area (Å²) >= 11 is 0. The molecule has 0 bridgehead atoms. The molecule has 2 rings (SSSR count). The molecule has 2 aromatic rings. The van der Waals surface area contributed by atoms with Gasteiger partial charge in [0.05, 0.1) is 12.5 Å². The number of anilines is 1. The Morgan fingerprint density at radius 3 is 2.72 bits per heavy atom. The molecule has 2 aromatic heterocycles. The van der Waals surface area contributed by atoms with Crippen LogP contribution in [0.5, 0.6) is 0 Å². The van der Waals surface area contributed by atoms with Crippen molar-refractivity contribution in [1.29, 1.82) is 0 Å². The highest BCUT2D eigenvalue weighted by molar-refractivity contribution is 5.99. The number of hydrogen-bond donors (Lipinski definition) is 2. The SMILES string of the molecule is CC.N/C(=N\N=C\c1ccco1)c1nonc1N. The van der Waals surface area contributed by atoms with Gasteiger partial charge in [0, 0.05) is 0 Å². The fourth-order valence-electron chi connectivity index (χ4n) is 0.933. The van der Waals surface area contributed by atoms with E-state index in [2.05, 4.69) is 25.1 Å². The van der Waals surface area contributed by atoms with Crippen molar-refractivity contribution in [2.45, 2.75) is 13.8 Å². The quantitative estimate of drug-likeness (QED) is 0.475. The predicted octanol–water partition coefficient (Wildman–Crippen LogP) is 1.01. The molecule has 96 valence electrons. The molecule has 4 N–H and O–H groups in total. The van der Waals surface area contributed by atoms with Crippen LogP contribution in [0.3, 0.4) is 0 Å². The van der Waals surface area contributed by atoms with Gasteiger partial charge in [-0.05, 0) is 22.4 Å². The fraction of sp³-hybridized carbons (Fsp3) is 0.200. The zero-order chi connectivity index (χ0) is 13.4. The third-order valence-electron chi connectivity index (χ3n) is 1.65. The minimum atomic E-state index is 0.0153. The molecular weight excluding hydrogens is 236 g/mol. The Kier molecular flexibility index (Phi) is 5.10. The third kappa shape index (κ3) is 3.44. The summed E-state index contributed by atoms with van der Waals surface area (Å²) in [5.74, 6) is 0.638. The van der Waals surface area contributed by atoms with Crippen molar-refractivity contribution < 1.29 is 9.05 Å². The van der Waals surface area contributed by atoms with Gasteiger partial charge >= 0.3 is 0 Å². The van der Waals surface area contributed by atoms with Gasteiger partial charge in [0.2, 0.25) is 0 Å². The highest BCUT2D eigenvalue weighted by Crippen LogP contribution is 2.03. The molecule has 0 amide bonds. The van der Waals surface area contributed by atoms with Crippen molar-refractivity contribution in [3.05, 3.63) is 29.9 Å². The zero-order valence-corrected chi connectivity index (χ0v) is 10.1. The monoisotopic (exact) mass is 250 g/mol. The molecule has 0 saturated carbocycles. The van der Waals surface area contributed by atoms with E-state index in [1.54, 1.807) is 12.1 Å². The summed E-state index contributed by atoms with van der Waals surface area (Å²) < 4.78 is 9.36. The van der Waals surface area contributed by atoms with Crippen LogP contribution in [0.15, 0.2) is 37.6 Å². The number of rotatable bonds is 3. The number of nitrogens with two attached hydrogens (primary N) is 2. The molecule has 0 aliphatic heterocycles. The van der Waals surface area contributed by atoms with E-state index in [0.717, 1.165) is 0 Å². The van der Waals surface area contributed by atoms with Crippen molar-refractivity contribution in [2.24, 2.45) is 15.9 Å². The summed E-state index contributed by atoms with van der Waals surface area (Å²) in [7, 11) is 0. The first-order valence-electron chi connectivity index (χ1n) is 5.26. The largest absolute Gasteiger partial charge is 0.463 e. The number of furan rings is 1. The van der Waals surface area contributed by atoms with E-state index in [1.165, 1.54) is 12.5 Å². The third-order valence-corrected chi connectivity index (χ3v) is 1.65. The van der Waals surface area contributed by atoms with E-state index >= 15 is 0 Å². The Hall–Kier alpha value is -2.64. The van der Waals surface area contributed by atoms with Gasteiger partial charge in [-0.2, -0.15) is 5.10 Å². The van der Waals surface area contributed by atoms with Crippen molar-refractivity contribution >= 4 is 17.9 Å². The fourth-order valence-corrected chi connectivity index (χ4v) is 0.933. The molecule has 8 heteroatoms. The average Bonchev–Trinajstić information content (AvgIpc) is 3.03. The smallest absolute Gasteiger partial charge is 0.199 e. The Balaban J connectivity index is 0.000000771. The Labute approximate surface area is 103 Å². The van der Waals surface area contributed by atoms with E-state index in [4.69, 9.17) is 15.9 Å². The second-order valence-corrected chi connectivity index (χ2v) is 2.74. The standard InChI is InChI=1S/C8H8N6O2.C2H6/c9-7(6-8(10)14-16-13-6)12-11-4-5-2-1-3-15-5;1-2/h1-4H,(H2,9,12)(H2,10,14);1-2H3/b11-4+;. The van der Waals surface area contributed by atoms with Crippen molar-refractivity contribution in [3.63, 3.8) is 0 Å². The summed E-state index contributed by atoms with van der Waals surface area (Å²) in [5, 5.41) is 14.2. The highest BCUT2D eigenvalue weighted by atomic mass is 16.6. The number of nitrogen functional groups attached to an aromatic ring is 1. The molecule has 8 nitrogen and oxygen atoms in total. The Morgan fingerprint density at radius 1 is 1.39 bits per heavy atom. The summed E-state index contributed by atoms with van der Waals surface area (Å²) in [4.78, 5) is 0. The van der Waals surface area contributed by atoms with Crippen LogP contribution in [-0.2, 0) is 0 Å². The first-order chi connectivity index (χ1) is 8.77. The molecule has 0 aromatic carbocycles. The van der Waals surface area contributed by atoms with Gasteiger partial charge in [-0.1, -0.05) is 13.8 Å². The average molecular weight is 250 g/mol. The first-order valence-corrected chi connectivity index (χ1v) is 5.26. The lowest BCUT2D eigenvalue weighted by Crippen LogP contribution is -2.15. The maximum atomic E-state index is 5.54. The molecule has 0 saturated heterocycles. The molecule has 0 aliphatic carbocycles. The van der Waals surface area contributed by atoms with Crippen molar-refractivity contribution in [2.75, 3.05) is 5.73 Å². The van der Waals surface area contributed by atoms with E-state index < -0.39 is 0 Å². The van der Waals surface area contributed by atoms with Crippen LogP contribution in [0, 0.1) is 0 Å². The van der Waals surface area contributed by atoms with Gasteiger partial charge in [0.25, 0.3) is 0 Å². The molecule has 0 unspecified atom stereocenters. The summed E-state index contributed by atoms with van der Waals surface area (Å²) in [6.07, 6.45) is 2.92. The molecule has 0 aliphatic rings. The predicted molar refractivity (Wildman–Crippen MR) is 67.1 cm³/mol. The minimum Gasteiger partial charge on any atom is -0.463 e. The summed E-state index contributed by atoms with van der Waals surface area (Å²) in [6, 6.07) is 3.45. The molecule has 18 heavy (non-hydrogen) atoms. The molecule has 0 radical (unpaired) electrons. The van der Waals surface area contributed by atoms with E-state index in [-0.39, 0.29) is 17.3 Å². The van der Waals surface area contributed by atoms with E-state index in [9.17, 15) is 0 Å². The van der Waals surface area contributed by atoms with Crippen LogP contribution >= 0.6 is 0 Å². The Morgan fingerprint density at radius 2 is 2.17 bits per heavy atom. The second-order valence-electron chi connectivity index (χ2n) is 2.74. The molecular formula is C10H14N6O2. The maximum Gasteiger partial charge on any atom is 0.199 e. The Bertz CT molecular complexity index is 514. The van der Waals surface area contributed by atoms with Crippen LogP contribution in [0.4, 0.5) is 5.82 Å². The normalized spacial score (nSPS) is 11.3. The number of hydrogen-bond acceptors (Lipinski definition) is 7. The number of amidine groups is 1. The van der Waals surface area contributed by atoms with Gasteiger partial charge < -0.3 is 15.9 Å². The van der Waals surface area contributed by atoms with Crippen molar-refractivity contribution in [1.82, 2.24) is 10.3 Å². The highest BCUT2D eigenvalue weighted by Gasteiger charge is 2.09. The molecule has 2 heterocycles. The van der Waals surface area contributed by atoms with E-state index in [1.807, 2.05) is 13.8 Å². The number of nitrogens with zero attached hydrogens (tertiary/aromatic N) is 4. The lowest BCUT2D eigenvalue weighted by Gasteiger charge is -1.90. The summed E-state index contributed by atoms with van der Waals surface area (Å²) in [5.41, 5.74) is 11.1. The number of aromatic nitrogens is 2. The van der Waals surface area contributed by atoms with Gasteiger partial charge in [-0.15, -0.1) is 5.10 Å². The molecule has 0 spiro atoms. The van der Waals surface area contributed by atoms with Crippen LogP contribution < -0.4 is 11.5 Å². The van der Waals surface area contributed by atoms with Gasteiger partial charge in [-0.25, -0.2) is 4.63 Å². The second kappa shape index (κ2) is 6.84. The van der Waals surface area contributed by atoms with E-state index in [0.29, 0.717) is 5.76 Å². The zero-order valence-electron chi connectivity index (χ0n) is 10.1. The van der Waals surface area contributed by atoms with Crippen LogP contribution in [-0.4, -0.2) is 22.4 Å². The first kappa shape index (κ1) is 13.4. The minimum absolute atomic E-state index is 0.0153. The van der Waals surface area contributed by atoms with Crippen LogP contribution in [0.2, 0.25) is 0 Å². The lowest BCUT2D eigenvalue weighted by molar-refractivity contribution is 0.308. The van der Waals surface area contributed by atoms with Crippen molar-refractivity contribution in [3.8, 4) is 0 Å². The van der Waals surface area contributed by atoms with Gasteiger partial charge in [0.1, 0.15) is 5.76 Å². The van der Waals surface area contributed by atoms with Crippen LogP contribution in [0.1, 0.15) is 25.3 Å².